The summed E-state index contributed by atoms with van der Waals surface area (Å²) in [5.74, 6) is -0.474. The van der Waals surface area contributed by atoms with Crippen LogP contribution in [0.4, 0.5) is 14.9 Å². The Kier molecular flexibility index (Phi) is 6.47. The first-order valence-electron chi connectivity index (χ1n) is 11.5. The molecular formula is C26H29FN4O3. The van der Waals surface area contributed by atoms with Crippen LogP contribution in [0.1, 0.15) is 39.2 Å². The highest BCUT2D eigenvalue weighted by Gasteiger charge is 2.41. The van der Waals surface area contributed by atoms with E-state index in [0.717, 1.165) is 23.2 Å². The van der Waals surface area contributed by atoms with Crippen LogP contribution in [-0.4, -0.2) is 54.2 Å². The quantitative estimate of drug-likeness (QED) is 0.737. The van der Waals surface area contributed by atoms with Gasteiger partial charge in [-0.05, 0) is 69.0 Å². The summed E-state index contributed by atoms with van der Waals surface area (Å²) in [5.41, 5.74) is 2.42. The molecule has 0 bridgehead atoms. The van der Waals surface area contributed by atoms with Gasteiger partial charge in [0.15, 0.2) is 0 Å². The summed E-state index contributed by atoms with van der Waals surface area (Å²) >= 11 is 0. The molecule has 34 heavy (non-hydrogen) atoms. The largest absolute Gasteiger partial charge is 0.444 e. The van der Waals surface area contributed by atoms with Gasteiger partial charge in [-0.1, -0.05) is 18.2 Å². The summed E-state index contributed by atoms with van der Waals surface area (Å²) in [6, 6.07) is 13.5. The van der Waals surface area contributed by atoms with Gasteiger partial charge >= 0.3 is 6.09 Å². The Morgan fingerprint density at radius 3 is 2.41 bits per heavy atom. The Hall–Kier alpha value is -3.60. The molecule has 0 saturated carbocycles. The number of carbonyl (C=O) groups is 2. The summed E-state index contributed by atoms with van der Waals surface area (Å²) in [7, 11) is 0. The summed E-state index contributed by atoms with van der Waals surface area (Å²) in [4.78, 5) is 28.7. The second kappa shape index (κ2) is 9.34. The highest BCUT2D eigenvalue weighted by Crippen LogP contribution is 2.30. The summed E-state index contributed by atoms with van der Waals surface area (Å²) in [5, 5.41) is 12.8. The molecule has 7 nitrogen and oxygen atoms in total. The van der Waals surface area contributed by atoms with Crippen molar-refractivity contribution in [1.82, 2.24) is 10.2 Å². The Balaban J connectivity index is 1.38. The lowest BCUT2D eigenvalue weighted by Crippen LogP contribution is -2.60. The predicted molar refractivity (Wildman–Crippen MR) is 127 cm³/mol. The summed E-state index contributed by atoms with van der Waals surface area (Å²) < 4.78 is 18.6. The van der Waals surface area contributed by atoms with E-state index in [9.17, 15) is 19.2 Å². The van der Waals surface area contributed by atoms with E-state index >= 15 is 0 Å². The molecule has 2 aromatic carbocycles. The number of hydrogen-bond acceptors (Lipinski definition) is 5. The van der Waals surface area contributed by atoms with Crippen molar-refractivity contribution < 1.29 is 18.7 Å². The molecule has 2 saturated heterocycles. The lowest BCUT2D eigenvalue weighted by molar-refractivity contribution is -0.131. The van der Waals surface area contributed by atoms with Crippen molar-refractivity contribution >= 4 is 17.7 Å². The third-order valence-corrected chi connectivity index (χ3v) is 6.12. The van der Waals surface area contributed by atoms with E-state index in [1.807, 2.05) is 18.2 Å². The van der Waals surface area contributed by atoms with E-state index in [4.69, 9.17) is 4.74 Å². The van der Waals surface area contributed by atoms with Gasteiger partial charge in [0.25, 0.3) is 0 Å². The second-order valence-electron chi connectivity index (χ2n) is 9.77. The van der Waals surface area contributed by atoms with Crippen LogP contribution in [0.2, 0.25) is 0 Å². The van der Waals surface area contributed by atoms with Crippen LogP contribution in [0.3, 0.4) is 0 Å². The number of ether oxygens (including phenoxy) is 1. The topological polar surface area (TPSA) is 85.7 Å². The number of halogens is 1. The van der Waals surface area contributed by atoms with Crippen molar-refractivity contribution in [3.05, 3.63) is 53.8 Å². The number of benzene rings is 2. The molecule has 2 amide bonds. The first-order chi connectivity index (χ1) is 16.1. The van der Waals surface area contributed by atoms with Crippen LogP contribution >= 0.6 is 0 Å². The summed E-state index contributed by atoms with van der Waals surface area (Å²) in [6.45, 7) is 7.19. The van der Waals surface area contributed by atoms with Gasteiger partial charge in [0.05, 0.1) is 11.3 Å². The smallest absolute Gasteiger partial charge is 0.410 e. The molecule has 0 aliphatic carbocycles. The van der Waals surface area contributed by atoms with Gasteiger partial charge in [0.1, 0.15) is 23.5 Å². The van der Waals surface area contributed by atoms with Crippen molar-refractivity contribution in [2.75, 3.05) is 24.5 Å². The van der Waals surface area contributed by atoms with Gasteiger partial charge in [-0.3, -0.25) is 9.69 Å². The van der Waals surface area contributed by atoms with Crippen LogP contribution in [0.25, 0.3) is 11.1 Å². The fraction of sp³-hybridized carbons (Fsp3) is 0.423. The maximum absolute atomic E-state index is 13.2. The molecule has 1 N–H and O–H groups in total. The molecule has 0 radical (unpaired) electrons. The van der Waals surface area contributed by atoms with Crippen LogP contribution in [0.15, 0.2) is 42.5 Å². The lowest BCUT2D eigenvalue weighted by atomic mass is 10.0. The van der Waals surface area contributed by atoms with E-state index in [1.165, 1.54) is 17.0 Å². The van der Waals surface area contributed by atoms with E-state index in [0.29, 0.717) is 31.6 Å². The van der Waals surface area contributed by atoms with Crippen LogP contribution in [0, 0.1) is 17.1 Å². The molecule has 4 rings (SSSR count). The number of nitrogens with one attached hydrogen (secondary N) is 1. The molecule has 2 atom stereocenters. The molecule has 2 aromatic rings. The maximum atomic E-state index is 13.2. The molecule has 2 aliphatic heterocycles. The molecule has 0 spiro atoms. The predicted octanol–water partition coefficient (Wildman–Crippen LogP) is 4.07. The Bertz CT molecular complexity index is 1120. The zero-order valence-corrected chi connectivity index (χ0v) is 19.7. The van der Waals surface area contributed by atoms with Gasteiger partial charge in [-0.15, -0.1) is 0 Å². The number of carbonyl (C=O) groups excluding carboxylic acids is 2. The third kappa shape index (κ3) is 5.14. The first kappa shape index (κ1) is 23.6. The van der Waals surface area contributed by atoms with Crippen molar-refractivity contribution in [1.29, 1.82) is 5.26 Å². The number of anilines is 1. The van der Waals surface area contributed by atoms with Crippen molar-refractivity contribution in [2.24, 2.45) is 0 Å². The number of nitrogens with zero attached hydrogens (tertiary/aromatic N) is 3. The molecular weight excluding hydrogens is 435 g/mol. The fourth-order valence-corrected chi connectivity index (χ4v) is 4.32. The highest BCUT2D eigenvalue weighted by molar-refractivity contribution is 5.87. The zero-order valence-electron chi connectivity index (χ0n) is 19.7. The molecule has 178 valence electrons. The van der Waals surface area contributed by atoms with E-state index in [2.05, 4.69) is 16.3 Å². The normalized spacial score (nSPS) is 19.9. The van der Waals surface area contributed by atoms with Gasteiger partial charge in [-0.2, -0.15) is 5.26 Å². The highest BCUT2D eigenvalue weighted by atomic mass is 19.1. The number of nitriles is 1. The number of amides is 2. The maximum Gasteiger partial charge on any atom is 0.410 e. The molecule has 2 fully saturated rings. The number of likely N-dealkylation sites (tertiary alicyclic amines) is 1. The van der Waals surface area contributed by atoms with E-state index < -0.39 is 17.7 Å². The van der Waals surface area contributed by atoms with Gasteiger partial charge in [0.2, 0.25) is 5.91 Å². The molecule has 2 heterocycles. The Morgan fingerprint density at radius 1 is 1.09 bits per heavy atom. The standard InChI is InChI=1S/C26H29FN4O3/c1-26(2,3)34-25(33)31-13-11-23(31)24(32)29-21-10-12-30(16-21)22-9-6-18(14-19(22)15-28)17-4-7-20(27)8-5-17/h4-9,14,21,23H,10-13,16H2,1-3H3,(H,29,32). The molecule has 2 unspecified atom stereocenters. The average Bonchev–Trinajstić information content (AvgIpc) is 3.19. The zero-order chi connectivity index (χ0) is 24.5. The minimum atomic E-state index is -0.607. The number of hydrogen-bond donors (Lipinski definition) is 1. The minimum Gasteiger partial charge on any atom is -0.444 e. The monoisotopic (exact) mass is 464 g/mol. The van der Waals surface area contributed by atoms with Crippen molar-refractivity contribution in [3.63, 3.8) is 0 Å². The van der Waals surface area contributed by atoms with Crippen molar-refractivity contribution in [3.8, 4) is 17.2 Å². The second-order valence-corrected chi connectivity index (χ2v) is 9.77. The fourth-order valence-electron chi connectivity index (χ4n) is 4.32. The third-order valence-electron chi connectivity index (χ3n) is 6.12. The average molecular weight is 465 g/mol. The minimum absolute atomic E-state index is 0.0723. The summed E-state index contributed by atoms with van der Waals surface area (Å²) in [6.07, 6.45) is 0.896. The molecule has 2 aliphatic rings. The van der Waals surface area contributed by atoms with E-state index in [1.54, 1.807) is 32.9 Å². The van der Waals surface area contributed by atoms with E-state index in [-0.39, 0.29) is 17.8 Å². The van der Waals surface area contributed by atoms with Gasteiger partial charge in [-0.25, -0.2) is 9.18 Å². The van der Waals surface area contributed by atoms with Gasteiger partial charge in [0, 0.05) is 25.7 Å². The van der Waals surface area contributed by atoms with Gasteiger partial charge < -0.3 is 15.0 Å². The van der Waals surface area contributed by atoms with Crippen LogP contribution in [0.5, 0.6) is 0 Å². The van der Waals surface area contributed by atoms with Crippen LogP contribution in [-0.2, 0) is 9.53 Å². The van der Waals surface area contributed by atoms with Crippen molar-refractivity contribution in [2.45, 2.75) is 51.3 Å². The lowest BCUT2D eigenvalue weighted by Gasteiger charge is -2.40. The molecule has 8 heteroatoms. The Morgan fingerprint density at radius 2 is 1.79 bits per heavy atom. The molecule has 0 aromatic heterocycles. The number of rotatable bonds is 4. The Labute approximate surface area is 199 Å². The first-order valence-corrected chi connectivity index (χ1v) is 11.5. The SMILES string of the molecule is CC(C)(C)OC(=O)N1CCC1C(=O)NC1CCN(c2ccc(-c3ccc(F)cc3)cc2C#N)C1. The van der Waals surface area contributed by atoms with Crippen LogP contribution < -0.4 is 10.2 Å².